The molecule has 0 fully saturated rings. The van der Waals surface area contributed by atoms with E-state index in [0.717, 1.165) is 17.7 Å². The molecule has 0 rings (SSSR count). The van der Waals surface area contributed by atoms with Crippen LogP contribution in [0.1, 0.15) is 105 Å². The summed E-state index contributed by atoms with van der Waals surface area (Å²) in [5.41, 5.74) is -0.724. The molecule has 0 saturated carbocycles. The van der Waals surface area contributed by atoms with E-state index in [0.29, 0.717) is 6.42 Å². The van der Waals surface area contributed by atoms with Crippen molar-refractivity contribution in [1.29, 1.82) is 0 Å². The predicted octanol–water partition coefficient (Wildman–Crippen LogP) is 5.19. The summed E-state index contributed by atoms with van der Waals surface area (Å²) >= 11 is 0. The van der Waals surface area contributed by atoms with Crippen LogP contribution in [0.3, 0.4) is 0 Å². The van der Waals surface area contributed by atoms with Gasteiger partial charge >= 0.3 is 6.09 Å². The summed E-state index contributed by atoms with van der Waals surface area (Å²) in [7, 11) is 0. The number of carboxylic acid groups (broad SMARTS) is 1. The Bertz CT molecular complexity index is 461. The number of carbonyl (C=O) groups is 1. The van der Waals surface area contributed by atoms with E-state index < -0.39 is 30.4 Å². The maximum Gasteiger partial charge on any atom is 0.408 e. The first-order valence-electron chi connectivity index (χ1n) is 11.0. The van der Waals surface area contributed by atoms with E-state index in [4.69, 9.17) is 0 Å². The van der Waals surface area contributed by atoms with Gasteiger partial charge in [0.1, 0.15) is 6.10 Å². The Morgan fingerprint density at radius 1 is 0.929 bits per heavy atom. The molecule has 0 bridgehead atoms. The van der Waals surface area contributed by atoms with Crippen LogP contribution >= 0.6 is 0 Å². The fourth-order valence-electron chi connectivity index (χ4n) is 3.40. The Morgan fingerprint density at radius 3 is 1.79 bits per heavy atom. The second-order valence-corrected chi connectivity index (χ2v) is 8.62. The lowest BCUT2D eigenvalue weighted by Crippen LogP contribution is -2.56. The molecular formula is C23H43NO4. The molecule has 1 amide bonds. The Labute approximate surface area is 172 Å². The molecule has 3 N–H and O–H groups in total. The van der Waals surface area contributed by atoms with Crippen LogP contribution in [0.25, 0.3) is 0 Å². The molecular weight excluding hydrogens is 354 g/mol. The fraction of sp³-hybridized carbons (Fsp3) is 0.870. The van der Waals surface area contributed by atoms with Crippen LogP contribution in [0.5, 0.6) is 0 Å². The van der Waals surface area contributed by atoms with Crippen molar-refractivity contribution < 1.29 is 20.1 Å². The van der Waals surface area contributed by atoms with Gasteiger partial charge < -0.3 is 15.3 Å². The van der Waals surface area contributed by atoms with Gasteiger partial charge in [-0.1, -0.05) is 77.1 Å². The van der Waals surface area contributed by atoms with Gasteiger partial charge in [0.15, 0.2) is 0 Å². The van der Waals surface area contributed by atoms with Crippen molar-refractivity contribution in [2.45, 2.75) is 122 Å². The van der Waals surface area contributed by atoms with E-state index in [2.05, 4.69) is 18.8 Å². The molecule has 0 aromatic rings. The van der Waals surface area contributed by atoms with E-state index in [1.807, 2.05) is 0 Å². The van der Waals surface area contributed by atoms with Crippen molar-refractivity contribution in [3.63, 3.8) is 0 Å². The van der Waals surface area contributed by atoms with Crippen molar-refractivity contribution >= 4 is 6.09 Å². The Morgan fingerprint density at radius 2 is 1.39 bits per heavy atom. The highest BCUT2D eigenvalue weighted by molar-refractivity contribution is 5.66. The van der Waals surface area contributed by atoms with Crippen LogP contribution in [0.4, 0.5) is 4.79 Å². The number of amides is 1. The maximum atomic E-state index is 11.5. The number of hydrogen-bond acceptors (Lipinski definition) is 3. The minimum atomic E-state index is -1.19. The van der Waals surface area contributed by atoms with Gasteiger partial charge in [-0.15, -0.1) is 5.92 Å². The quantitative estimate of drug-likeness (QED) is 0.278. The predicted molar refractivity (Wildman–Crippen MR) is 115 cm³/mol. The van der Waals surface area contributed by atoms with Crippen LogP contribution in [0, 0.1) is 11.8 Å². The summed E-state index contributed by atoms with van der Waals surface area (Å²) in [6.07, 6.45) is 12.4. The van der Waals surface area contributed by atoms with E-state index in [9.17, 15) is 20.1 Å². The third-order valence-electron chi connectivity index (χ3n) is 4.97. The molecule has 2 atom stereocenters. The van der Waals surface area contributed by atoms with Crippen molar-refractivity contribution in [3.05, 3.63) is 0 Å². The third-order valence-corrected chi connectivity index (χ3v) is 4.97. The summed E-state index contributed by atoms with van der Waals surface area (Å²) in [5.74, 6) is 5.66. The average molecular weight is 398 g/mol. The maximum absolute atomic E-state index is 11.5. The zero-order valence-corrected chi connectivity index (χ0v) is 18.5. The second-order valence-electron chi connectivity index (χ2n) is 8.62. The Hall–Kier alpha value is -1.25. The number of nitrogens with zero attached hydrogens (tertiary/aromatic N) is 1. The molecule has 164 valence electrons. The fourth-order valence-corrected chi connectivity index (χ4v) is 3.40. The van der Waals surface area contributed by atoms with Crippen molar-refractivity contribution in [2.75, 3.05) is 6.61 Å². The first-order chi connectivity index (χ1) is 13.3. The SMILES string of the molecule is CCCCCCCCCCCCCC#C[C@@H](O)[C@H](CO)N(C(=O)O)C(C)(C)C. The monoisotopic (exact) mass is 397 g/mol. The molecule has 28 heavy (non-hydrogen) atoms. The summed E-state index contributed by atoms with van der Waals surface area (Å²) in [6, 6.07) is -0.942. The molecule has 0 saturated heterocycles. The van der Waals surface area contributed by atoms with E-state index in [1.165, 1.54) is 57.8 Å². The topological polar surface area (TPSA) is 81.0 Å². The van der Waals surface area contributed by atoms with Crippen LogP contribution < -0.4 is 0 Å². The minimum absolute atomic E-state index is 0.460. The summed E-state index contributed by atoms with van der Waals surface area (Å²) in [6.45, 7) is 6.98. The first kappa shape index (κ1) is 26.8. The normalized spacial score (nSPS) is 13.5. The van der Waals surface area contributed by atoms with E-state index >= 15 is 0 Å². The van der Waals surface area contributed by atoms with E-state index in [-0.39, 0.29) is 0 Å². The summed E-state index contributed by atoms with van der Waals surface area (Å²) in [4.78, 5) is 12.6. The van der Waals surface area contributed by atoms with Crippen molar-refractivity contribution in [3.8, 4) is 11.8 Å². The van der Waals surface area contributed by atoms with Gasteiger partial charge in [0.25, 0.3) is 0 Å². The number of unbranched alkanes of at least 4 members (excludes halogenated alkanes) is 11. The summed E-state index contributed by atoms with van der Waals surface area (Å²) < 4.78 is 0. The van der Waals surface area contributed by atoms with Crippen LogP contribution in [-0.4, -0.2) is 50.6 Å². The standard InChI is InChI=1S/C23H43NO4/c1-5-6-7-8-9-10-11-12-13-14-15-16-17-18-21(26)20(19-25)24(22(27)28)23(2,3)4/h20-21,25-26H,5-16,19H2,1-4H3,(H,27,28)/t20-,21+/m0/s1. The molecule has 5 nitrogen and oxygen atoms in total. The average Bonchev–Trinajstić information content (AvgIpc) is 2.61. The number of hydrogen-bond donors (Lipinski definition) is 3. The highest BCUT2D eigenvalue weighted by Crippen LogP contribution is 2.19. The van der Waals surface area contributed by atoms with Crippen LogP contribution in [0.15, 0.2) is 0 Å². The minimum Gasteiger partial charge on any atom is -0.465 e. The number of aliphatic hydroxyl groups excluding tert-OH is 2. The molecule has 0 heterocycles. The van der Waals surface area contributed by atoms with E-state index in [1.54, 1.807) is 20.8 Å². The number of rotatable bonds is 14. The number of aliphatic hydroxyl groups is 2. The highest BCUT2D eigenvalue weighted by Gasteiger charge is 2.36. The van der Waals surface area contributed by atoms with Crippen LogP contribution in [0.2, 0.25) is 0 Å². The smallest absolute Gasteiger partial charge is 0.408 e. The molecule has 0 aliphatic carbocycles. The molecule has 0 unspecified atom stereocenters. The molecule has 5 heteroatoms. The zero-order chi connectivity index (χ0) is 21.4. The highest BCUT2D eigenvalue weighted by atomic mass is 16.4. The van der Waals surface area contributed by atoms with Gasteiger partial charge in [-0.25, -0.2) is 4.79 Å². The van der Waals surface area contributed by atoms with Gasteiger partial charge in [-0.05, 0) is 27.2 Å². The van der Waals surface area contributed by atoms with Gasteiger partial charge in [0, 0.05) is 12.0 Å². The largest absolute Gasteiger partial charge is 0.465 e. The van der Waals surface area contributed by atoms with Gasteiger partial charge in [0.05, 0.1) is 12.6 Å². The van der Waals surface area contributed by atoms with Crippen molar-refractivity contribution in [1.82, 2.24) is 4.90 Å². The Balaban J connectivity index is 4.03. The van der Waals surface area contributed by atoms with Crippen LogP contribution in [-0.2, 0) is 0 Å². The Kier molecular flexibility index (Phi) is 14.9. The first-order valence-corrected chi connectivity index (χ1v) is 11.0. The molecule has 0 aliphatic heterocycles. The molecule has 0 radical (unpaired) electrons. The zero-order valence-electron chi connectivity index (χ0n) is 18.5. The molecule has 0 aromatic heterocycles. The second kappa shape index (κ2) is 15.6. The molecule has 0 aromatic carbocycles. The lowest BCUT2D eigenvalue weighted by molar-refractivity contribution is 0.00280. The lowest BCUT2D eigenvalue weighted by atomic mass is 10.0. The van der Waals surface area contributed by atoms with Gasteiger partial charge in [-0.3, -0.25) is 4.90 Å². The van der Waals surface area contributed by atoms with Gasteiger partial charge in [0.2, 0.25) is 0 Å². The third kappa shape index (κ3) is 12.3. The summed E-state index contributed by atoms with van der Waals surface area (Å²) in [5, 5.41) is 29.2. The molecule has 0 aliphatic rings. The lowest BCUT2D eigenvalue weighted by Gasteiger charge is -2.39. The molecule has 0 spiro atoms. The van der Waals surface area contributed by atoms with Gasteiger partial charge in [-0.2, -0.15) is 0 Å². The van der Waals surface area contributed by atoms with Crippen molar-refractivity contribution in [2.24, 2.45) is 0 Å².